The lowest BCUT2D eigenvalue weighted by Crippen LogP contribution is -2.47. The molecule has 30 heavy (non-hydrogen) atoms. The Balaban J connectivity index is 1.16. The van der Waals surface area contributed by atoms with Crippen LogP contribution >= 0.6 is 0 Å². The second kappa shape index (κ2) is 10.4. The number of nitrogens with zero attached hydrogens (tertiary/aromatic N) is 3. The summed E-state index contributed by atoms with van der Waals surface area (Å²) in [6.07, 6.45) is 5.46. The lowest BCUT2D eigenvalue weighted by atomic mass is 9.96. The van der Waals surface area contributed by atoms with Gasteiger partial charge in [0.15, 0.2) is 5.96 Å². The van der Waals surface area contributed by atoms with Gasteiger partial charge in [0.25, 0.3) is 0 Å². The Bertz CT molecular complexity index is 687. The predicted octanol–water partition coefficient (Wildman–Crippen LogP) is 2.08. The summed E-state index contributed by atoms with van der Waals surface area (Å²) in [6, 6.07) is 8.81. The zero-order valence-electron chi connectivity index (χ0n) is 18.5. The standard InChI is InChI=1S/C23H37N5O2/c1-3-24-23(26-21-17-20-9-10-22(21)30-20)25-11-4-12-27-13-15-28(16-14-27)18-5-7-19(29-2)8-6-18/h5-8,20-22H,3-4,9-17H2,1-2H3,(H2,24,25,26). The molecule has 0 amide bonds. The van der Waals surface area contributed by atoms with Crippen LogP contribution in [-0.2, 0) is 4.74 Å². The van der Waals surface area contributed by atoms with Crippen molar-refractivity contribution in [3.05, 3.63) is 24.3 Å². The number of hydrogen-bond donors (Lipinski definition) is 2. The molecule has 0 aliphatic carbocycles. The molecule has 3 aliphatic rings. The molecule has 0 saturated carbocycles. The van der Waals surface area contributed by atoms with Gasteiger partial charge in [-0.05, 0) is 56.9 Å². The Morgan fingerprint density at radius 3 is 2.60 bits per heavy atom. The van der Waals surface area contributed by atoms with Crippen LogP contribution in [-0.4, -0.2) is 82.0 Å². The highest BCUT2D eigenvalue weighted by Crippen LogP contribution is 2.34. The highest BCUT2D eigenvalue weighted by molar-refractivity contribution is 5.80. The Hall–Kier alpha value is -1.99. The van der Waals surface area contributed by atoms with Crippen LogP contribution in [0.1, 0.15) is 32.6 Å². The number of fused-ring (bicyclic) bond motifs is 2. The number of piperazine rings is 1. The van der Waals surface area contributed by atoms with E-state index in [2.05, 4.69) is 39.5 Å². The molecule has 7 heteroatoms. The molecule has 166 valence electrons. The van der Waals surface area contributed by atoms with E-state index in [1.807, 2.05) is 12.1 Å². The Kier molecular flexibility index (Phi) is 7.33. The lowest BCUT2D eigenvalue weighted by molar-refractivity contribution is 0.0992. The van der Waals surface area contributed by atoms with Crippen LogP contribution < -0.4 is 20.3 Å². The number of benzene rings is 1. The summed E-state index contributed by atoms with van der Waals surface area (Å²) in [5.74, 6) is 1.86. The summed E-state index contributed by atoms with van der Waals surface area (Å²) >= 11 is 0. The number of guanidine groups is 1. The van der Waals surface area contributed by atoms with Crippen LogP contribution in [0.3, 0.4) is 0 Å². The van der Waals surface area contributed by atoms with Gasteiger partial charge in [-0.1, -0.05) is 0 Å². The maximum Gasteiger partial charge on any atom is 0.191 e. The normalized spacial score (nSPS) is 26.8. The fraction of sp³-hybridized carbons (Fsp3) is 0.696. The maximum absolute atomic E-state index is 5.96. The van der Waals surface area contributed by atoms with Crippen molar-refractivity contribution in [2.75, 3.05) is 57.8 Å². The first-order valence-electron chi connectivity index (χ1n) is 11.6. The van der Waals surface area contributed by atoms with Crippen molar-refractivity contribution in [1.82, 2.24) is 15.5 Å². The van der Waals surface area contributed by atoms with Crippen LogP contribution in [0.15, 0.2) is 29.3 Å². The zero-order chi connectivity index (χ0) is 20.8. The van der Waals surface area contributed by atoms with E-state index in [0.717, 1.165) is 70.4 Å². The second-order valence-corrected chi connectivity index (χ2v) is 8.50. The van der Waals surface area contributed by atoms with Crippen LogP contribution in [0.2, 0.25) is 0 Å². The van der Waals surface area contributed by atoms with Crippen LogP contribution in [0.25, 0.3) is 0 Å². The Morgan fingerprint density at radius 2 is 1.97 bits per heavy atom. The van der Waals surface area contributed by atoms with Gasteiger partial charge >= 0.3 is 0 Å². The average Bonchev–Trinajstić information content (AvgIpc) is 3.41. The van der Waals surface area contributed by atoms with E-state index in [1.54, 1.807) is 7.11 Å². The smallest absolute Gasteiger partial charge is 0.191 e. The number of hydrogen-bond acceptors (Lipinski definition) is 5. The number of ether oxygens (including phenoxy) is 2. The first kappa shape index (κ1) is 21.2. The minimum absolute atomic E-state index is 0.376. The lowest BCUT2D eigenvalue weighted by Gasteiger charge is -2.36. The molecular formula is C23H37N5O2. The summed E-state index contributed by atoms with van der Waals surface area (Å²) in [7, 11) is 1.71. The first-order chi connectivity index (χ1) is 14.7. The van der Waals surface area contributed by atoms with Gasteiger partial charge in [0.1, 0.15) is 5.75 Å². The minimum atomic E-state index is 0.376. The van der Waals surface area contributed by atoms with Gasteiger partial charge in [-0.2, -0.15) is 0 Å². The van der Waals surface area contributed by atoms with E-state index < -0.39 is 0 Å². The van der Waals surface area contributed by atoms with Crippen LogP contribution in [0, 0.1) is 0 Å². The molecule has 3 fully saturated rings. The van der Waals surface area contributed by atoms with E-state index in [0.29, 0.717) is 18.2 Å². The van der Waals surface area contributed by atoms with Gasteiger partial charge in [0, 0.05) is 51.5 Å². The van der Waals surface area contributed by atoms with Crippen molar-refractivity contribution in [1.29, 1.82) is 0 Å². The molecule has 2 bridgehead atoms. The number of rotatable bonds is 8. The maximum atomic E-state index is 5.96. The summed E-state index contributed by atoms with van der Waals surface area (Å²) in [5, 5.41) is 7.00. The fourth-order valence-electron chi connectivity index (χ4n) is 4.79. The van der Waals surface area contributed by atoms with E-state index in [-0.39, 0.29) is 0 Å². The molecule has 3 aliphatic heterocycles. The highest BCUT2D eigenvalue weighted by atomic mass is 16.5. The molecular weight excluding hydrogens is 378 g/mol. The summed E-state index contributed by atoms with van der Waals surface area (Å²) in [6.45, 7) is 9.34. The first-order valence-corrected chi connectivity index (χ1v) is 11.6. The molecule has 0 spiro atoms. The number of nitrogens with one attached hydrogen (secondary N) is 2. The van der Waals surface area contributed by atoms with Gasteiger partial charge < -0.3 is 25.0 Å². The van der Waals surface area contributed by atoms with Crippen molar-refractivity contribution in [2.24, 2.45) is 4.99 Å². The number of methoxy groups -OCH3 is 1. The summed E-state index contributed by atoms with van der Waals surface area (Å²) in [5.41, 5.74) is 1.28. The topological polar surface area (TPSA) is 61.4 Å². The third kappa shape index (κ3) is 5.38. The number of aliphatic imine (C=N–C) groups is 1. The average molecular weight is 416 g/mol. The van der Waals surface area contributed by atoms with Crippen molar-refractivity contribution in [2.45, 2.75) is 50.9 Å². The summed E-state index contributed by atoms with van der Waals surface area (Å²) < 4.78 is 11.2. The van der Waals surface area contributed by atoms with Crippen molar-refractivity contribution in [3.63, 3.8) is 0 Å². The predicted molar refractivity (Wildman–Crippen MR) is 122 cm³/mol. The van der Waals surface area contributed by atoms with E-state index in [4.69, 9.17) is 14.5 Å². The molecule has 3 atom stereocenters. The quantitative estimate of drug-likeness (QED) is 0.385. The van der Waals surface area contributed by atoms with Gasteiger partial charge in [0.2, 0.25) is 0 Å². The molecule has 0 aromatic heterocycles. The molecule has 7 nitrogen and oxygen atoms in total. The van der Waals surface area contributed by atoms with Crippen LogP contribution in [0.5, 0.6) is 5.75 Å². The van der Waals surface area contributed by atoms with Gasteiger partial charge in [-0.15, -0.1) is 0 Å². The largest absolute Gasteiger partial charge is 0.497 e. The van der Waals surface area contributed by atoms with E-state index >= 15 is 0 Å². The number of anilines is 1. The van der Waals surface area contributed by atoms with Gasteiger partial charge in [-0.3, -0.25) is 9.89 Å². The minimum Gasteiger partial charge on any atom is -0.497 e. The molecule has 2 N–H and O–H groups in total. The van der Waals surface area contributed by atoms with Gasteiger partial charge in [-0.25, -0.2) is 0 Å². The molecule has 1 aromatic rings. The fourth-order valence-corrected chi connectivity index (χ4v) is 4.79. The molecule has 1 aromatic carbocycles. The SMILES string of the molecule is CCNC(=NCCCN1CCN(c2ccc(OC)cc2)CC1)NC1CC2CCC1O2. The van der Waals surface area contributed by atoms with Crippen molar-refractivity contribution < 1.29 is 9.47 Å². The molecule has 3 saturated heterocycles. The molecule has 3 unspecified atom stereocenters. The van der Waals surface area contributed by atoms with Crippen molar-refractivity contribution in [3.8, 4) is 5.75 Å². The molecule has 0 radical (unpaired) electrons. The Morgan fingerprint density at radius 1 is 1.17 bits per heavy atom. The molecule has 3 heterocycles. The highest BCUT2D eigenvalue weighted by Gasteiger charge is 2.41. The second-order valence-electron chi connectivity index (χ2n) is 8.50. The van der Waals surface area contributed by atoms with E-state index in [9.17, 15) is 0 Å². The van der Waals surface area contributed by atoms with Gasteiger partial charge in [0.05, 0.1) is 25.4 Å². The Labute approximate surface area is 180 Å². The van der Waals surface area contributed by atoms with Crippen molar-refractivity contribution >= 4 is 11.6 Å². The third-order valence-electron chi connectivity index (χ3n) is 6.48. The zero-order valence-corrected chi connectivity index (χ0v) is 18.5. The third-order valence-corrected chi connectivity index (χ3v) is 6.48. The van der Waals surface area contributed by atoms with E-state index in [1.165, 1.54) is 18.5 Å². The van der Waals surface area contributed by atoms with Crippen LogP contribution in [0.4, 0.5) is 5.69 Å². The molecule has 4 rings (SSSR count). The monoisotopic (exact) mass is 415 g/mol. The summed E-state index contributed by atoms with van der Waals surface area (Å²) in [4.78, 5) is 9.83.